The summed E-state index contributed by atoms with van der Waals surface area (Å²) in [5.41, 5.74) is 1.53. The van der Waals surface area contributed by atoms with E-state index in [0.717, 1.165) is 0 Å². The summed E-state index contributed by atoms with van der Waals surface area (Å²) in [6.07, 6.45) is 0. The van der Waals surface area contributed by atoms with Gasteiger partial charge in [0.15, 0.2) is 11.5 Å². The quantitative estimate of drug-likeness (QED) is 0.349. The Morgan fingerprint density at radius 1 is 0.906 bits per heavy atom. The molecule has 0 radical (unpaired) electrons. The highest BCUT2D eigenvalue weighted by atomic mass is 35.5. The Hall–Kier alpha value is -3.54. The second-order valence-corrected chi connectivity index (χ2v) is 8.23. The molecule has 7 heteroatoms. The minimum Gasteiger partial charge on any atom is -0.503 e. The largest absolute Gasteiger partial charge is 0.503 e. The van der Waals surface area contributed by atoms with Crippen molar-refractivity contribution in [3.05, 3.63) is 112 Å². The maximum atomic E-state index is 13.5. The fourth-order valence-electron chi connectivity index (χ4n) is 3.94. The van der Waals surface area contributed by atoms with E-state index < -0.39 is 23.5 Å². The highest BCUT2D eigenvalue weighted by Gasteiger charge is 2.45. The zero-order valence-electron chi connectivity index (χ0n) is 16.5. The Kier molecular flexibility index (Phi) is 5.00. The van der Waals surface area contributed by atoms with Crippen molar-refractivity contribution in [2.24, 2.45) is 0 Å². The molecule has 1 unspecified atom stereocenters. The first-order chi connectivity index (χ1) is 15.4. The number of halogens is 2. The molecule has 0 aliphatic carbocycles. The lowest BCUT2D eigenvalue weighted by molar-refractivity contribution is -0.117. The number of anilines is 1. The van der Waals surface area contributed by atoms with Crippen LogP contribution in [-0.4, -0.2) is 16.8 Å². The SMILES string of the molecule is O=C(C1=C(O)C(=O)N(c2cccc(Cl)c2)C1c1ccccc1)c1cc2cc(Cl)ccc2o1. The summed E-state index contributed by atoms with van der Waals surface area (Å²) in [6, 6.07) is 21.4. The van der Waals surface area contributed by atoms with Gasteiger partial charge in [-0.05, 0) is 48.0 Å². The van der Waals surface area contributed by atoms with Gasteiger partial charge in [-0.3, -0.25) is 14.5 Å². The molecule has 0 saturated carbocycles. The molecule has 4 aromatic rings. The van der Waals surface area contributed by atoms with Crippen LogP contribution in [0.15, 0.2) is 94.6 Å². The third-order valence-corrected chi connectivity index (χ3v) is 5.83. The molecule has 2 heterocycles. The summed E-state index contributed by atoms with van der Waals surface area (Å²) in [5.74, 6) is -1.89. The number of aliphatic hydroxyl groups is 1. The van der Waals surface area contributed by atoms with Gasteiger partial charge in [0.05, 0.1) is 11.6 Å². The standard InChI is InChI=1S/C25H15Cl2NO4/c26-16-7-4-8-18(13-16)28-22(14-5-2-1-3-6-14)21(24(30)25(28)31)23(29)20-12-15-11-17(27)9-10-19(15)32-20/h1-13,22,30H. The molecule has 1 aromatic heterocycles. The second-order valence-electron chi connectivity index (χ2n) is 7.35. The summed E-state index contributed by atoms with van der Waals surface area (Å²) in [4.78, 5) is 28.0. The van der Waals surface area contributed by atoms with E-state index in [-0.39, 0.29) is 11.3 Å². The topological polar surface area (TPSA) is 70.8 Å². The van der Waals surface area contributed by atoms with Gasteiger partial charge < -0.3 is 9.52 Å². The van der Waals surface area contributed by atoms with Crippen LogP contribution in [0.25, 0.3) is 11.0 Å². The Morgan fingerprint density at radius 3 is 2.41 bits per heavy atom. The average Bonchev–Trinajstić information content (AvgIpc) is 3.32. The molecular formula is C25H15Cl2NO4. The number of carbonyl (C=O) groups is 2. The fourth-order valence-corrected chi connectivity index (χ4v) is 4.30. The van der Waals surface area contributed by atoms with Crippen molar-refractivity contribution in [1.82, 2.24) is 0 Å². The van der Waals surface area contributed by atoms with Gasteiger partial charge in [-0.2, -0.15) is 0 Å². The molecule has 3 aromatic carbocycles. The summed E-state index contributed by atoms with van der Waals surface area (Å²) in [6.45, 7) is 0. The number of hydrogen-bond donors (Lipinski definition) is 1. The van der Waals surface area contributed by atoms with Gasteiger partial charge in [0.2, 0.25) is 5.78 Å². The third-order valence-electron chi connectivity index (χ3n) is 5.36. The predicted molar refractivity (Wildman–Crippen MR) is 123 cm³/mol. The molecule has 158 valence electrons. The molecule has 1 aliphatic heterocycles. The number of carbonyl (C=O) groups excluding carboxylic acids is 2. The Labute approximate surface area is 193 Å². The summed E-state index contributed by atoms with van der Waals surface area (Å²) >= 11 is 12.2. The van der Waals surface area contributed by atoms with Crippen LogP contribution in [0.4, 0.5) is 5.69 Å². The molecule has 0 saturated heterocycles. The number of ketones is 1. The van der Waals surface area contributed by atoms with Crippen molar-refractivity contribution < 1.29 is 19.1 Å². The molecule has 0 spiro atoms. The van der Waals surface area contributed by atoms with Crippen LogP contribution in [0.3, 0.4) is 0 Å². The number of amides is 1. The van der Waals surface area contributed by atoms with Crippen LogP contribution < -0.4 is 4.90 Å². The molecule has 1 N–H and O–H groups in total. The maximum Gasteiger partial charge on any atom is 0.294 e. The van der Waals surface area contributed by atoms with E-state index in [2.05, 4.69) is 0 Å². The number of nitrogens with zero attached hydrogens (tertiary/aromatic N) is 1. The van der Waals surface area contributed by atoms with Crippen molar-refractivity contribution in [3.63, 3.8) is 0 Å². The van der Waals surface area contributed by atoms with Crippen molar-refractivity contribution in [2.45, 2.75) is 6.04 Å². The molecule has 5 nitrogen and oxygen atoms in total. The number of fused-ring (bicyclic) bond motifs is 1. The lowest BCUT2D eigenvalue weighted by Crippen LogP contribution is -2.31. The van der Waals surface area contributed by atoms with Crippen LogP contribution in [0, 0.1) is 0 Å². The van der Waals surface area contributed by atoms with E-state index in [0.29, 0.717) is 32.3 Å². The Morgan fingerprint density at radius 2 is 1.66 bits per heavy atom. The van der Waals surface area contributed by atoms with Crippen LogP contribution in [-0.2, 0) is 4.79 Å². The van der Waals surface area contributed by atoms with E-state index in [1.165, 1.54) is 4.90 Å². The Balaban J connectivity index is 1.66. The average molecular weight is 464 g/mol. The summed E-state index contributed by atoms with van der Waals surface area (Å²) < 4.78 is 5.72. The molecule has 1 amide bonds. The first kappa shape index (κ1) is 20.4. The van der Waals surface area contributed by atoms with Gasteiger partial charge in [0.1, 0.15) is 5.58 Å². The normalized spacial score (nSPS) is 16.2. The maximum absolute atomic E-state index is 13.5. The van der Waals surface area contributed by atoms with Gasteiger partial charge in [-0.15, -0.1) is 0 Å². The van der Waals surface area contributed by atoms with E-state index in [9.17, 15) is 14.7 Å². The molecule has 5 rings (SSSR count). The number of Topliss-reactive ketones (excluding diaryl/α,β-unsaturated/α-hetero) is 1. The first-order valence-corrected chi connectivity index (χ1v) is 10.5. The van der Waals surface area contributed by atoms with Gasteiger partial charge in [0.25, 0.3) is 5.91 Å². The van der Waals surface area contributed by atoms with E-state index in [4.69, 9.17) is 27.6 Å². The molecule has 0 bridgehead atoms. The first-order valence-electron chi connectivity index (χ1n) is 9.75. The van der Waals surface area contributed by atoms with E-state index in [1.54, 1.807) is 72.8 Å². The monoisotopic (exact) mass is 463 g/mol. The van der Waals surface area contributed by atoms with Gasteiger partial charge >= 0.3 is 0 Å². The van der Waals surface area contributed by atoms with E-state index >= 15 is 0 Å². The van der Waals surface area contributed by atoms with E-state index in [1.807, 2.05) is 6.07 Å². The highest BCUT2D eigenvalue weighted by molar-refractivity contribution is 6.31. The zero-order chi connectivity index (χ0) is 22.4. The Bertz CT molecular complexity index is 1410. The van der Waals surface area contributed by atoms with Gasteiger partial charge in [-0.1, -0.05) is 59.6 Å². The van der Waals surface area contributed by atoms with Crippen molar-refractivity contribution >= 4 is 51.5 Å². The van der Waals surface area contributed by atoms with Gasteiger partial charge in [-0.25, -0.2) is 0 Å². The van der Waals surface area contributed by atoms with Crippen molar-refractivity contribution in [1.29, 1.82) is 0 Å². The van der Waals surface area contributed by atoms with Crippen LogP contribution >= 0.6 is 23.2 Å². The molecule has 1 atom stereocenters. The second kappa shape index (κ2) is 7.86. The van der Waals surface area contributed by atoms with Crippen LogP contribution in [0.2, 0.25) is 10.0 Å². The minimum absolute atomic E-state index is 0.00509. The smallest absolute Gasteiger partial charge is 0.294 e. The number of benzene rings is 3. The van der Waals surface area contributed by atoms with Gasteiger partial charge in [0, 0.05) is 21.1 Å². The molecule has 32 heavy (non-hydrogen) atoms. The van der Waals surface area contributed by atoms with Crippen molar-refractivity contribution in [3.8, 4) is 0 Å². The highest BCUT2D eigenvalue weighted by Crippen LogP contribution is 2.42. The third kappa shape index (κ3) is 3.36. The zero-order valence-corrected chi connectivity index (χ0v) is 18.0. The number of furan rings is 1. The van der Waals surface area contributed by atoms with Crippen LogP contribution in [0.5, 0.6) is 0 Å². The molecule has 0 fully saturated rings. The number of hydrogen-bond acceptors (Lipinski definition) is 4. The molecular weight excluding hydrogens is 449 g/mol. The lowest BCUT2D eigenvalue weighted by atomic mass is 9.95. The number of rotatable bonds is 4. The summed E-state index contributed by atoms with van der Waals surface area (Å²) in [7, 11) is 0. The predicted octanol–water partition coefficient (Wildman–Crippen LogP) is 6.52. The minimum atomic E-state index is -0.855. The van der Waals surface area contributed by atoms with Crippen LogP contribution in [0.1, 0.15) is 22.2 Å². The van der Waals surface area contributed by atoms with Crippen molar-refractivity contribution in [2.75, 3.05) is 4.90 Å². The lowest BCUT2D eigenvalue weighted by Gasteiger charge is -2.26. The fraction of sp³-hybridized carbons (Fsp3) is 0.0400. The number of aliphatic hydroxyl groups excluding tert-OH is 1. The molecule has 1 aliphatic rings. The summed E-state index contributed by atoms with van der Waals surface area (Å²) in [5, 5.41) is 12.4.